The largest absolute Gasteiger partial charge is 0.508 e. The third kappa shape index (κ3) is 4.15. The topological polar surface area (TPSA) is 44.1 Å². The normalized spacial score (nSPS) is 10.2. The van der Waals surface area contributed by atoms with Crippen LogP contribution in [0.1, 0.15) is 44.6 Å². The van der Waals surface area contributed by atoms with E-state index in [2.05, 4.69) is 6.92 Å². The van der Waals surface area contributed by atoms with Crippen LogP contribution in [0.2, 0.25) is 0 Å². The Kier molecular flexibility index (Phi) is 4.88. The molecule has 0 saturated carbocycles. The Hall–Kier alpha value is -1.31. The number of hydrogen-bond donors (Lipinski definition) is 2. The highest BCUT2D eigenvalue weighted by molar-refractivity contribution is 5.98. The van der Waals surface area contributed by atoms with Crippen LogP contribution < -0.4 is 0 Å². The molecule has 0 saturated heterocycles. The molecular weight excluding hydrogens is 186 g/mol. The summed E-state index contributed by atoms with van der Waals surface area (Å²) in [6, 6.07) is 6.88. The van der Waals surface area contributed by atoms with E-state index in [0.717, 1.165) is 18.4 Å². The standard InChI is InChI=1S/C13H19NO/c1-2-3-4-5-6-13(14)11-7-9-12(15)10-8-11/h7-10,14-15H,2-6H2,1H3. The van der Waals surface area contributed by atoms with Crippen LogP contribution in [0.15, 0.2) is 24.3 Å². The number of phenolic OH excluding ortho intramolecular Hbond substituents is 1. The zero-order valence-electron chi connectivity index (χ0n) is 9.29. The first kappa shape index (κ1) is 11.8. The molecule has 0 aromatic heterocycles. The third-order valence-electron chi connectivity index (χ3n) is 2.50. The van der Waals surface area contributed by atoms with Crippen LogP contribution in [0.3, 0.4) is 0 Å². The summed E-state index contributed by atoms with van der Waals surface area (Å²) in [4.78, 5) is 0. The van der Waals surface area contributed by atoms with Gasteiger partial charge in [0.15, 0.2) is 0 Å². The predicted molar refractivity (Wildman–Crippen MR) is 63.7 cm³/mol. The van der Waals surface area contributed by atoms with E-state index in [9.17, 15) is 0 Å². The van der Waals surface area contributed by atoms with E-state index in [4.69, 9.17) is 10.5 Å². The molecule has 0 radical (unpaired) electrons. The highest BCUT2D eigenvalue weighted by atomic mass is 16.3. The third-order valence-corrected chi connectivity index (χ3v) is 2.50. The molecule has 2 heteroatoms. The Balaban J connectivity index is 2.37. The molecule has 82 valence electrons. The first-order valence-corrected chi connectivity index (χ1v) is 5.61. The van der Waals surface area contributed by atoms with E-state index < -0.39 is 0 Å². The van der Waals surface area contributed by atoms with E-state index in [-0.39, 0.29) is 5.75 Å². The van der Waals surface area contributed by atoms with Gasteiger partial charge in [-0.1, -0.05) is 26.2 Å². The molecular formula is C13H19NO. The number of unbranched alkanes of at least 4 members (excludes halogenated alkanes) is 3. The number of benzene rings is 1. The van der Waals surface area contributed by atoms with Crippen LogP contribution in [0.25, 0.3) is 0 Å². The van der Waals surface area contributed by atoms with E-state index in [1.54, 1.807) is 24.3 Å². The summed E-state index contributed by atoms with van der Waals surface area (Å²) in [5.74, 6) is 0.262. The minimum atomic E-state index is 0.262. The quantitative estimate of drug-likeness (QED) is 0.539. The van der Waals surface area contributed by atoms with Crippen molar-refractivity contribution in [3.63, 3.8) is 0 Å². The van der Waals surface area contributed by atoms with E-state index in [0.29, 0.717) is 5.71 Å². The van der Waals surface area contributed by atoms with Crippen molar-refractivity contribution in [3.8, 4) is 5.75 Å². The summed E-state index contributed by atoms with van der Waals surface area (Å²) in [5.41, 5.74) is 1.59. The van der Waals surface area contributed by atoms with Gasteiger partial charge in [0.2, 0.25) is 0 Å². The van der Waals surface area contributed by atoms with Gasteiger partial charge >= 0.3 is 0 Å². The Morgan fingerprint density at radius 2 is 1.80 bits per heavy atom. The highest BCUT2D eigenvalue weighted by Gasteiger charge is 2.00. The average Bonchev–Trinajstić information content (AvgIpc) is 2.25. The molecule has 1 aromatic rings. The van der Waals surface area contributed by atoms with Crippen LogP contribution >= 0.6 is 0 Å². The minimum Gasteiger partial charge on any atom is -0.508 e. The molecule has 0 unspecified atom stereocenters. The second-order valence-corrected chi connectivity index (χ2v) is 3.84. The summed E-state index contributed by atoms with van der Waals surface area (Å²) in [6.07, 6.45) is 5.62. The number of phenols is 1. The van der Waals surface area contributed by atoms with Gasteiger partial charge in [0.25, 0.3) is 0 Å². The van der Waals surface area contributed by atoms with Crippen LogP contribution in [0.4, 0.5) is 0 Å². The van der Waals surface area contributed by atoms with Crippen molar-refractivity contribution < 1.29 is 5.11 Å². The van der Waals surface area contributed by atoms with Gasteiger partial charge in [0.1, 0.15) is 5.75 Å². The lowest BCUT2D eigenvalue weighted by Crippen LogP contribution is -1.98. The van der Waals surface area contributed by atoms with Crippen LogP contribution in [0.5, 0.6) is 5.75 Å². The molecule has 0 spiro atoms. The molecule has 0 aliphatic heterocycles. The molecule has 0 atom stereocenters. The van der Waals surface area contributed by atoms with Gasteiger partial charge in [0.05, 0.1) is 0 Å². The lowest BCUT2D eigenvalue weighted by Gasteiger charge is -2.03. The Morgan fingerprint density at radius 3 is 2.40 bits per heavy atom. The van der Waals surface area contributed by atoms with Crippen molar-refractivity contribution in [1.29, 1.82) is 5.41 Å². The number of hydrogen-bond acceptors (Lipinski definition) is 2. The number of rotatable bonds is 6. The smallest absolute Gasteiger partial charge is 0.115 e. The van der Waals surface area contributed by atoms with Crippen LogP contribution in [-0.4, -0.2) is 10.8 Å². The zero-order valence-corrected chi connectivity index (χ0v) is 9.29. The Bertz CT molecular complexity index is 303. The monoisotopic (exact) mass is 205 g/mol. The molecule has 2 nitrogen and oxygen atoms in total. The van der Waals surface area contributed by atoms with E-state index >= 15 is 0 Å². The Labute approximate surface area is 91.5 Å². The fourth-order valence-electron chi connectivity index (χ4n) is 1.54. The molecule has 0 heterocycles. The maximum Gasteiger partial charge on any atom is 0.115 e. The summed E-state index contributed by atoms with van der Waals surface area (Å²) in [7, 11) is 0. The first-order chi connectivity index (χ1) is 7.24. The molecule has 2 N–H and O–H groups in total. The molecule has 0 fully saturated rings. The predicted octanol–water partition coefficient (Wildman–Crippen LogP) is 3.73. The molecule has 0 amide bonds. The molecule has 0 aliphatic rings. The average molecular weight is 205 g/mol. The fraction of sp³-hybridized carbons (Fsp3) is 0.462. The van der Waals surface area contributed by atoms with E-state index in [1.165, 1.54) is 19.3 Å². The minimum absolute atomic E-state index is 0.262. The SMILES string of the molecule is CCCCCCC(=N)c1ccc(O)cc1. The molecule has 1 aromatic carbocycles. The maximum atomic E-state index is 9.11. The van der Waals surface area contributed by atoms with Gasteiger partial charge in [0, 0.05) is 5.71 Å². The Morgan fingerprint density at radius 1 is 1.13 bits per heavy atom. The second kappa shape index (κ2) is 6.23. The molecule has 0 bridgehead atoms. The van der Waals surface area contributed by atoms with Crippen molar-refractivity contribution in [2.45, 2.75) is 39.0 Å². The van der Waals surface area contributed by atoms with Gasteiger partial charge in [-0.15, -0.1) is 0 Å². The molecule has 0 aliphatic carbocycles. The van der Waals surface area contributed by atoms with E-state index in [1.807, 2.05) is 0 Å². The lowest BCUT2D eigenvalue weighted by atomic mass is 10.0. The lowest BCUT2D eigenvalue weighted by molar-refractivity contribution is 0.475. The maximum absolute atomic E-state index is 9.11. The first-order valence-electron chi connectivity index (χ1n) is 5.61. The van der Waals surface area contributed by atoms with Crippen molar-refractivity contribution in [2.24, 2.45) is 0 Å². The zero-order chi connectivity index (χ0) is 11.1. The number of aromatic hydroxyl groups is 1. The van der Waals surface area contributed by atoms with Crippen molar-refractivity contribution >= 4 is 5.71 Å². The van der Waals surface area contributed by atoms with Crippen molar-refractivity contribution in [2.75, 3.05) is 0 Å². The van der Waals surface area contributed by atoms with Gasteiger partial charge in [-0.25, -0.2) is 0 Å². The summed E-state index contributed by atoms with van der Waals surface area (Å²) < 4.78 is 0. The van der Waals surface area contributed by atoms with Gasteiger partial charge in [-0.05, 0) is 42.7 Å². The van der Waals surface area contributed by atoms with Gasteiger partial charge < -0.3 is 10.5 Å². The van der Waals surface area contributed by atoms with Gasteiger partial charge in [-0.2, -0.15) is 0 Å². The fourth-order valence-corrected chi connectivity index (χ4v) is 1.54. The van der Waals surface area contributed by atoms with Crippen molar-refractivity contribution in [1.82, 2.24) is 0 Å². The highest BCUT2D eigenvalue weighted by Crippen LogP contribution is 2.13. The van der Waals surface area contributed by atoms with Crippen LogP contribution in [-0.2, 0) is 0 Å². The second-order valence-electron chi connectivity index (χ2n) is 3.84. The summed E-state index contributed by atoms with van der Waals surface area (Å²) in [5, 5.41) is 17.0. The molecule has 15 heavy (non-hydrogen) atoms. The van der Waals surface area contributed by atoms with Crippen LogP contribution in [0, 0.1) is 5.41 Å². The van der Waals surface area contributed by atoms with Gasteiger partial charge in [-0.3, -0.25) is 0 Å². The molecule has 1 rings (SSSR count). The summed E-state index contributed by atoms with van der Waals surface area (Å²) >= 11 is 0. The summed E-state index contributed by atoms with van der Waals surface area (Å²) in [6.45, 7) is 2.19. The number of nitrogens with one attached hydrogen (secondary N) is 1. The van der Waals surface area contributed by atoms with Crippen molar-refractivity contribution in [3.05, 3.63) is 29.8 Å².